The quantitative estimate of drug-likeness (QED) is 0.903. The molecule has 100 valence electrons. The molecule has 2 aromatic rings. The van der Waals surface area contributed by atoms with Crippen LogP contribution in [-0.4, -0.2) is 26.2 Å². The summed E-state index contributed by atoms with van der Waals surface area (Å²) in [5.41, 5.74) is 2.60. The van der Waals surface area contributed by atoms with Crippen molar-refractivity contribution in [2.75, 3.05) is 0 Å². The van der Waals surface area contributed by atoms with Gasteiger partial charge in [-0.3, -0.25) is 0 Å². The van der Waals surface area contributed by atoms with E-state index in [0.717, 1.165) is 17.7 Å². The number of rotatable bonds is 5. The highest BCUT2D eigenvalue weighted by Gasteiger charge is 2.20. The summed E-state index contributed by atoms with van der Waals surface area (Å²) in [4.78, 5) is 1.22. The minimum Gasteiger partial charge on any atom is -0.310 e. The lowest BCUT2D eigenvalue weighted by Crippen LogP contribution is -2.16. The SMILES string of the molecule is Cc1ccc(Sc2nnnn2C)c(CNC2CC2)c1. The Morgan fingerprint density at radius 2 is 2.26 bits per heavy atom. The molecule has 0 atom stereocenters. The smallest absolute Gasteiger partial charge is 0.213 e. The van der Waals surface area contributed by atoms with Gasteiger partial charge in [-0.2, -0.15) is 0 Å². The van der Waals surface area contributed by atoms with Gasteiger partial charge < -0.3 is 5.32 Å². The predicted octanol–water partition coefficient (Wildman–Crippen LogP) is 1.92. The van der Waals surface area contributed by atoms with Crippen LogP contribution < -0.4 is 5.32 Å². The van der Waals surface area contributed by atoms with Crippen molar-refractivity contribution in [1.82, 2.24) is 25.5 Å². The molecular formula is C13H17N5S. The summed E-state index contributed by atoms with van der Waals surface area (Å²) >= 11 is 1.62. The first-order valence-corrected chi connectivity index (χ1v) is 7.27. The second-order valence-electron chi connectivity index (χ2n) is 4.95. The van der Waals surface area contributed by atoms with Crippen molar-refractivity contribution in [2.45, 2.75) is 42.4 Å². The summed E-state index contributed by atoms with van der Waals surface area (Å²) in [6.07, 6.45) is 2.61. The fourth-order valence-corrected chi connectivity index (χ4v) is 2.73. The molecule has 1 aromatic heterocycles. The summed E-state index contributed by atoms with van der Waals surface area (Å²) in [7, 11) is 1.86. The molecule has 6 heteroatoms. The molecule has 3 rings (SSSR count). The zero-order valence-corrected chi connectivity index (χ0v) is 11.9. The van der Waals surface area contributed by atoms with Crippen LogP contribution in [-0.2, 0) is 13.6 Å². The van der Waals surface area contributed by atoms with Gasteiger partial charge in [0.25, 0.3) is 0 Å². The first-order valence-electron chi connectivity index (χ1n) is 6.45. The number of hydrogen-bond acceptors (Lipinski definition) is 5. The largest absolute Gasteiger partial charge is 0.310 e. The van der Waals surface area contributed by atoms with Crippen LogP contribution in [0.3, 0.4) is 0 Å². The molecule has 0 amide bonds. The molecule has 0 aliphatic heterocycles. The highest BCUT2D eigenvalue weighted by Crippen LogP contribution is 2.29. The topological polar surface area (TPSA) is 55.6 Å². The maximum absolute atomic E-state index is 4.03. The van der Waals surface area contributed by atoms with E-state index in [2.05, 4.69) is 46.0 Å². The van der Waals surface area contributed by atoms with E-state index < -0.39 is 0 Å². The number of nitrogens with zero attached hydrogens (tertiary/aromatic N) is 4. The van der Waals surface area contributed by atoms with Gasteiger partial charge in [-0.15, -0.1) is 5.10 Å². The Hall–Kier alpha value is -1.40. The number of benzene rings is 1. The molecule has 0 spiro atoms. The average Bonchev–Trinajstić information content (AvgIpc) is 3.14. The van der Waals surface area contributed by atoms with Crippen LogP contribution in [0.4, 0.5) is 0 Å². The van der Waals surface area contributed by atoms with Gasteiger partial charge in [0.1, 0.15) is 0 Å². The highest BCUT2D eigenvalue weighted by molar-refractivity contribution is 7.99. The van der Waals surface area contributed by atoms with E-state index in [1.54, 1.807) is 16.4 Å². The fraction of sp³-hybridized carbons (Fsp3) is 0.462. The Morgan fingerprint density at radius 1 is 1.42 bits per heavy atom. The zero-order chi connectivity index (χ0) is 13.2. The van der Waals surface area contributed by atoms with Crippen molar-refractivity contribution in [3.63, 3.8) is 0 Å². The van der Waals surface area contributed by atoms with Crippen molar-refractivity contribution in [2.24, 2.45) is 7.05 Å². The van der Waals surface area contributed by atoms with E-state index in [1.165, 1.54) is 28.9 Å². The molecule has 1 aromatic carbocycles. The number of nitrogens with one attached hydrogen (secondary N) is 1. The summed E-state index contributed by atoms with van der Waals surface area (Å²) in [5.74, 6) is 0. The van der Waals surface area contributed by atoms with Gasteiger partial charge >= 0.3 is 0 Å². The van der Waals surface area contributed by atoms with Crippen LogP contribution >= 0.6 is 11.8 Å². The molecule has 0 saturated heterocycles. The number of aromatic nitrogens is 4. The Morgan fingerprint density at radius 3 is 2.95 bits per heavy atom. The van der Waals surface area contributed by atoms with Crippen molar-refractivity contribution in [3.8, 4) is 0 Å². The number of aryl methyl sites for hydroxylation is 2. The normalized spacial score (nSPS) is 14.8. The van der Waals surface area contributed by atoms with Crippen LogP contribution in [0.5, 0.6) is 0 Å². The van der Waals surface area contributed by atoms with E-state index in [9.17, 15) is 0 Å². The standard InChI is InChI=1S/C13H17N5S/c1-9-3-6-12(19-13-15-16-17-18(13)2)10(7-9)8-14-11-4-5-11/h3,6-7,11,14H,4-5,8H2,1-2H3. The van der Waals surface area contributed by atoms with Crippen LogP contribution in [0.2, 0.25) is 0 Å². The van der Waals surface area contributed by atoms with Gasteiger partial charge in [0.05, 0.1) is 0 Å². The molecule has 5 nitrogen and oxygen atoms in total. The van der Waals surface area contributed by atoms with Gasteiger partial charge in [-0.05, 0) is 53.6 Å². The van der Waals surface area contributed by atoms with E-state index >= 15 is 0 Å². The van der Waals surface area contributed by atoms with Crippen molar-refractivity contribution in [3.05, 3.63) is 29.3 Å². The molecule has 0 radical (unpaired) electrons. The summed E-state index contributed by atoms with van der Waals surface area (Å²) in [6, 6.07) is 7.24. The Labute approximate surface area is 116 Å². The molecule has 0 bridgehead atoms. The first-order chi connectivity index (χ1) is 9.22. The molecule has 1 heterocycles. The third-order valence-corrected chi connectivity index (χ3v) is 4.30. The van der Waals surface area contributed by atoms with Crippen LogP contribution in [0, 0.1) is 6.92 Å². The van der Waals surface area contributed by atoms with Gasteiger partial charge in [-0.25, -0.2) is 4.68 Å². The number of tetrazole rings is 1. The second kappa shape index (κ2) is 5.30. The Kier molecular flexibility index (Phi) is 3.52. The predicted molar refractivity (Wildman–Crippen MR) is 74.0 cm³/mol. The van der Waals surface area contributed by atoms with Crippen molar-refractivity contribution in [1.29, 1.82) is 0 Å². The minimum atomic E-state index is 0.717. The summed E-state index contributed by atoms with van der Waals surface area (Å²) in [6.45, 7) is 3.04. The molecule has 0 unspecified atom stereocenters. The van der Waals surface area contributed by atoms with Gasteiger partial charge in [0.2, 0.25) is 5.16 Å². The summed E-state index contributed by atoms with van der Waals surface area (Å²) in [5, 5.41) is 15.9. The lowest BCUT2D eigenvalue weighted by atomic mass is 10.1. The molecule has 1 aliphatic rings. The molecule has 1 aliphatic carbocycles. The summed E-state index contributed by atoms with van der Waals surface area (Å²) < 4.78 is 1.70. The Bertz CT molecular complexity index is 576. The van der Waals surface area contributed by atoms with E-state index in [4.69, 9.17) is 0 Å². The number of hydrogen-bond donors (Lipinski definition) is 1. The van der Waals surface area contributed by atoms with E-state index in [1.807, 2.05) is 7.05 Å². The second-order valence-corrected chi connectivity index (χ2v) is 5.96. The van der Waals surface area contributed by atoms with Gasteiger partial charge in [-0.1, -0.05) is 17.7 Å². The zero-order valence-electron chi connectivity index (χ0n) is 11.1. The molecule has 19 heavy (non-hydrogen) atoms. The van der Waals surface area contributed by atoms with E-state index in [-0.39, 0.29) is 0 Å². The first kappa shape index (κ1) is 12.6. The van der Waals surface area contributed by atoms with E-state index in [0.29, 0.717) is 0 Å². The van der Waals surface area contributed by atoms with Crippen LogP contribution in [0.25, 0.3) is 0 Å². The third kappa shape index (κ3) is 3.13. The van der Waals surface area contributed by atoms with Gasteiger partial charge in [0.15, 0.2) is 0 Å². The lowest BCUT2D eigenvalue weighted by molar-refractivity contribution is 0.663. The lowest BCUT2D eigenvalue weighted by Gasteiger charge is -2.10. The van der Waals surface area contributed by atoms with Crippen LogP contribution in [0.15, 0.2) is 28.3 Å². The maximum atomic E-state index is 4.03. The van der Waals surface area contributed by atoms with Gasteiger partial charge in [0, 0.05) is 24.5 Å². The fourth-order valence-electron chi connectivity index (χ4n) is 1.89. The highest BCUT2D eigenvalue weighted by atomic mass is 32.2. The average molecular weight is 275 g/mol. The van der Waals surface area contributed by atoms with Crippen molar-refractivity contribution < 1.29 is 0 Å². The monoisotopic (exact) mass is 275 g/mol. The maximum Gasteiger partial charge on any atom is 0.213 e. The Balaban J connectivity index is 1.80. The molecule has 1 N–H and O–H groups in total. The van der Waals surface area contributed by atoms with Crippen LogP contribution in [0.1, 0.15) is 24.0 Å². The minimum absolute atomic E-state index is 0.717. The third-order valence-electron chi connectivity index (χ3n) is 3.16. The molecule has 1 saturated carbocycles. The van der Waals surface area contributed by atoms with Crippen molar-refractivity contribution >= 4 is 11.8 Å². The molecule has 1 fully saturated rings. The molecular weight excluding hydrogens is 258 g/mol.